The Morgan fingerprint density at radius 1 is 1.29 bits per heavy atom. The molecular formula is C19H28N2O3. The second-order valence-corrected chi connectivity index (χ2v) is 6.35. The van der Waals surface area contributed by atoms with E-state index in [1.807, 2.05) is 29.2 Å². The van der Waals surface area contributed by atoms with Crippen molar-refractivity contribution in [1.29, 1.82) is 0 Å². The molecule has 0 radical (unpaired) electrons. The van der Waals surface area contributed by atoms with E-state index in [9.17, 15) is 9.59 Å². The van der Waals surface area contributed by atoms with Crippen molar-refractivity contribution in [3.63, 3.8) is 0 Å². The van der Waals surface area contributed by atoms with Gasteiger partial charge < -0.3 is 15.0 Å². The second-order valence-electron chi connectivity index (χ2n) is 6.35. The average Bonchev–Trinajstić information content (AvgIpc) is 3.09. The third kappa shape index (κ3) is 5.55. The SMILES string of the molecule is COc1cccc(CCNC(=O)CCN(C(C)=O)C2CCCC2)c1. The number of amides is 2. The maximum Gasteiger partial charge on any atom is 0.221 e. The van der Waals surface area contributed by atoms with Crippen molar-refractivity contribution in [3.8, 4) is 5.75 Å². The van der Waals surface area contributed by atoms with Crippen LogP contribution < -0.4 is 10.1 Å². The van der Waals surface area contributed by atoms with Gasteiger partial charge in [-0.05, 0) is 37.0 Å². The Morgan fingerprint density at radius 2 is 2.04 bits per heavy atom. The minimum absolute atomic E-state index is 0.00198. The highest BCUT2D eigenvalue weighted by Crippen LogP contribution is 2.23. The predicted octanol–water partition coefficient (Wildman–Crippen LogP) is 2.54. The molecule has 0 saturated heterocycles. The molecule has 2 amide bonds. The van der Waals surface area contributed by atoms with Crippen molar-refractivity contribution < 1.29 is 14.3 Å². The van der Waals surface area contributed by atoms with Gasteiger partial charge in [-0.15, -0.1) is 0 Å². The van der Waals surface area contributed by atoms with E-state index in [0.29, 0.717) is 25.6 Å². The van der Waals surface area contributed by atoms with Crippen molar-refractivity contribution in [2.24, 2.45) is 0 Å². The van der Waals surface area contributed by atoms with Crippen molar-refractivity contribution >= 4 is 11.8 Å². The van der Waals surface area contributed by atoms with Gasteiger partial charge in [0.15, 0.2) is 0 Å². The lowest BCUT2D eigenvalue weighted by Gasteiger charge is -2.27. The molecule has 5 heteroatoms. The zero-order chi connectivity index (χ0) is 17.4. The third-order valence-electron chi connectivity index (χ3n) is 4.62. The van der Waals surface area contributed by atoms with Gasteiger partial charge in [-0.3, -0.25) is 9.59 Å². The highest BCUT2D eigenvalue weighted by molar-refractivity contribution is 5.78. The van der Waals surface area contributed by atoms with Gasteiger partial charge in [0, 0.05) is 32.5 Å². The smallest absolute Gasteiger partial charge is 0.221 e. The standard InChI is InChI=1S/C19H28N2O3/c1-15(22)21(17-7-3-4-8-17)13-11-19(23)20-12-10-16-6-5-9-18(14-16)24-2/h5-6,9,14,17H,3-4,7-8,10-13H2,1-2H3,(H,20,23). The lowest BCUT2D eigenvalue weighted by molar-refractivity contribution is -0.131. The fourth-order valence-corrected chi connectivity index (χ4v) is 3.30. The molecule has 24 heavy (non-hydrogen) atoms. The van der Waals surface area contributed by atoms with Gasteiger partial charge in [-0.25, -0.2) is 0 Å². The number of hydrogen-bond acceptors (Lipinski definition) is 3. The van der Waals surface area contributed by atoms with Crippen LogP contribution in [-0.4, -0.2) is 43.0 Å². The maximum absolute atomic E-state index is 12.0. The van der Waals surface area contributed by atoms with Gasteiger partial charge in [0.1, 0.15) is 5.75 Å². The Bertz CT molecular complexity index is 553. The number of carbonyl (C=O) groups is 2. The summed E-state index contributed by atoms with van der Waals surface area (Å²) in [5.41, 5.74) is 1.13. The van der Waals surface area contributed by atoms with Crippen LogP contribution in [0.3, 0.4) is 0 Å². The fraction of sp³-hybridized carbons (Fsp3) is 0.579. The summed E-state index contributed by atoms with van der Waals surface area (Å²) in [5.74, 6) is 0.903. The molecule has 1 aromatic carbocycles. The average molecular weight is 332 g/mol. The van der Waals surface area contributed by atoms with Crippen molar-refractivity contribution in [1.82, 2.24) is 10.2 Å². The molecule has 0 atom stereocenters. The van der Waals surface area contributed by atoms with Gasteiger partial charge in [0.25, 0.3) is 0 Å². The summed E-state index contributed by atoms with van der Waals surface area (Å²) < 4.78 is 5.19. The minimum atomic E-state index is 0.00198. The molecule has 0 spiro atoms. The maximum atomic E-state index is 12.0. The molecule has 5 nitrogen and oxygen atoms in total. The van der Waals surface area contributed by atoms with E-state index in [4.69, 9.17) is 4.74 Å². The van der Waals surface area contributed by atoms with E-state index in [2.05, 4.69) is 5.32 Å². The lowest BCUT2D eigenvalue weighted by atomic mass is 10.1. The van der Waals surface area contributed by atoms with Gasteiger partial charge in [0.05, 0.1) is 7.11 Å². The summed E-state index contributed by atoms with van der Waals surface area (Å²) in [4.78, 5) is 25.7. The number of hydrogen-bond donors (Lipinski definition) is 1. The summed E-state index contributed by atoms with van der Waals surface area (Å²) in [6.45, 7) is 2.71. The van der Waals surface area contributed by atoms with Crippen LogP contribution in [0, 0.1) is 0 Å². The van der Waals surface area contributed by atoms with Crippen LogP contribution in [0.5, 0.6) is 5.75 Å². The Morgan fingerprint density at radius 3 is 2.71 bits per heavy atom. The third-order valence-corrected chi connectivity index (χ3v) is 4.62. The molecule has 0 unspecified atom stereocenters. The zero-order valence-electron chi connectivity index (χ0n) is 14.7. The van der Waals surface area contributed by atoms with Crippen LogP contribution >= 0.6 is 0 Å². The van der Waals surface area contributed by atoms with Crippen molar-refractivity contribution in [2.45, 2.75) is 51.5 Å². The first-order chi connectivity index (χ1) is 11.6. The summed E-state index contributed by atoms with van der Waals surface area (Å²) >= 11 is 0. The monoisotopic (exact) mass is 332 g/mol. The van der Waals surface area contributed by atoms with Crippen molar-refractivity contribution in [2.75, 3.05) is 20.2 Å². The second kappa shape index (κ2) is 9.30. The Balaban J connectivity index is 1.71. The van der Waals surface area contributed by atoms with Gasteiger partial charge in [-0.1, -0.05) is 25.0 Å². The van der Waals surface area contributed by atoms with Crippen LogP contribution in [0.4, 0.5) is 0 Å². The molecule has 132 valence electrons. The largest absolute Gasteiger partial charge is 0.497 e. The van der Waals surface area contributed by atoms with Gasteiger partial charge >= 0.3 is 0 Å². The molecule has 1 aromatic rings. The fourth-order valence-electron chi connectivity index (χ4n) is 3.30. The first kappa shape index (κ1) is 18.3. The molecule has 0 bridgehead atoms. The van der Waals surface area contributed by atoms with Gasteiger partial charge in [-0.2, -0.15) is 0 Å². The minimum Gasteiger partial charge on any atom is -0.497 e. The number of nitrogens with zero attached hydrogens (tertiary/aromatic N) is 1. The molecule has 1 aliphatic rings. The molecule has 1 fully saturated rings. The van der Waals surface area contributed by atoms with Crippen molar-refractivity contribution in [3.05, 3.63) is 29.8 Å². The van der Waals surface area contributed by atoms with Crippen LogP contribution in [-0.2, 0) is 16.0 Å². The van der Waals surface area contributed by atoms with Crippen LogP contribution in [0.15, 0.2) is 24.3 Å². The summed E-state index contributed by atoms with van der Waals surface area (Å²) in [7, 11) is 1.64. The first-order valence-electron chi connectivity index (χ1n) is 8.77. The van der Waals surface area contributed by atoms with E-state index in [1.54, 1.807) is 14.0 Å². The van der Waals surface area contributed by atoms with E-state index in [-0.39, 0.29) is 11.8 Å². The summed E-state index contributed by atoms with van der Waals surface area (Å²) in [6.07, 6.45) is 5.63. The topological polar surface area (TPSA) is 58.6 Å². The van der Waals surface area contributed by atoms with E-state index in [1.165, 1.54) is 12.8 Å². The van der Waals surface area contributed by atoms with Crippen LogP contribution in [0.25, 0.3) is 0 Å². The van der Waals surface area contributed by atoms with Crippen LogP contribution in [0.1, 0.15) is 44.6 Å². The summed E-state index contributed by atoms with van der Waals surface area (Å²) in [6, 6.07) is 8.17. The molecular weight excluding hydrogens is 304 g/mol. The predicted molar refractivity (Wildman–Crippen MR) is 94.0 cm³/mol. The number of ether oxygens (including phenoxy) is 1. The Kier molecular flexibility index (Phi) is 7.09. The highest BCUT2D eigenvalue weighted by atomic mass is 16.5. The highest BCUT2D eigenvalue weighted by Gasteiger charge is 2.24. The first-order valence-corrected chi connectivity index (χ1v) is 8.77. The number of rotatable bonds is 8. The molecule has 2 rings (SSSR count). The van der Waals surface area contributed by atoms with E-state index >= 15 is 0 Å². The van der Waals surface area contributed by atoms with Gasteiger partial charge in [0.2, 0.25) is 11.8 Å². The number of nitrogens with one attached hydrogen (secondary N) is 1. The Labute approximate surface area is 144 Å². The lowest BCUT2D eigenvalue weighted by Crippen LogP contribution is -2.40. The Hall–Kier alpha value is -2.04. The van der Waals surface area contributed by atoms with E-state index in [0.717, 1.165) is 30.6 Å². The molecule has 0 heterocycles. The molecule has 1 N–H and O–H groups in total. The number of carbonyl (C=O) groups excluding carboxylic acids is 2. The quantitative estimate of drug-likeness (QED) is 0.796. The van der Waals surface area contributed by atoms with E-state index < -0.39 is 0 Å². The molecule has 0 aliphatic heterocycles. The summed E-state index contributed by atoms with van der Waals surface area (Å²) in [5, 5.41) is 2.94. The van der Waals surface area contributed by atoms with Crippen LogP contribution in [0.2, 0.25) is 0 Å². The zero-order valence-corrected chi connectivity index (χ0v) is 14.7. The number of methoxy groups -OCH3 is 1. The number of benzene rings is 1. The molecule has 1 aliphatic carbocycles. The molecule has 0 aromatic heterocycles. The molecule has 1 saturated carbocycles. The normalized spacial score (nSPS) is 14.4.